The van der Waals surface area contributed by atoms with Crippen molar-refractivity contribution in [2.45, 2.75) is 51.2 Å². The van der Waals surface area contributed by atoms with Gasteiger partial charge in [0.2, 0.25) is 17.7 Å². The largest absolute Gasteiger partial charge is 0.508 e. The summed E-state index contributed by atoms with van der Waals surface area (Å²) in [6, 6.07) is 6.92. The fraction of sp³-hybridized carbons (Fsp3) is 0.435. The molecule has 0 aliphatic carbocycles. The van der Waals surface area contributed by atoms with Crippen molar-refractivity contribution in [2.75, 3.05) is 18.4 Å². The minimum atomic E-state index is -1.21. The first kappa shape index (κ1) is 25.1. The molecule has 11 nitrogen and oxygen atoms in total. The van der Waals surface area contributed by atoms with Gasteiger partial charge in [0, 0.05) is 19.5 Å². The van der Waals surface area contributed by atoms with Crippen LogP contribution in [0, 0.1) is 0 Å². The first-order valence-electron chi connectivity index (χ1n) is 11.2. The fourth-order valence-electron chi connectivity index (χ4n) is 3.26. The number of phenols is 1. The lowest BCUT2D eigenvalue weighted by Gasteiger charge is -2.13. The molecule has 6 N–H and O–H groups in total. The van der Waals surface area contributed by atoms with E-state index in [1.807, 2.05) is 12.1 Å². The number of nitrogens with zero attached hydrogens (tertiary/aromatic N) is 4. The number of aliphatic hydroxyl groups is 2. The lowest BCUT2D eigenvalue weighted by atomic mass is 10.1. The van der Waals surface area contributed by atoms with Crippen LogP contribution in [0.2, 0.25) is 0 Å². The average Bonchev–Trinajstić information content (AvgIpc) is 2.81. The highest BCUT2D eigenvalue weighted by molar-refractivity contribution is 5.76. The molecule has 0 saturated carbocycles. The van der Waals surface area contributed by atoms with Gasteiger partial charge in [-0.05, 0) is 43.9 Å². The van der Waals surface area contributed by atoms with E-state index < -0.39 is 12.2 Å². The summed E-state index contributed by atoms with van der Waals surface area (Å²) in [5, 5.41) is 44.8. The molecular formula is C23H30N6O5. The Bertz CT molecular complexity index is 1090. The number of phenolic OH excluding ortho intramolecular Hbond substituents is 1. The van der Waals surface area contributed by atoms with E-state index in [0.717, 1.165) is 24.8 Å². The normalized spacial score (nSPS) is 12.9. The summed E-state index contributed by atoms with van der Waals surface area (Å²) in [5.41, 5.74) is 1.40. The molecule has 0 fully saturated rings. The van der Waals surface area contributed by atoms with Crippen molar-refractivity contribution < 1.29 is 25.2 Å². The minimum absolute atomic E-state index is 0.00304. The van der Waals surface area contributed by atoms with Crippen LogP contribution in [0.3, 0.4) is 0 Å². The van der Waals surface area contributed by atoms with Crippen molar-refractivity contribution in [3.63, 3.8) is 0 Å². The van der Waals surface area contributed by atoms with Gasteiger partial charge in [-0.3, -0.25) is 4.79 Å². The van der Waals surface area contributed by atoms with Crippen molar-refractivity contribution in [3.05, 3.63) is 41.7 Å². The van der Waals surface area contributed by atoms with E-state index in [1.54, 1.807) is 12.1 Å². The molecule has 11 heteroatoms. The van der Waals surface area contributed by atoms with Crippen LogP contribution in [0.5, 0.6) is 11.6 Å². The van der Waals surface area contributed by atoms with Gasteiger partial charge in [0.1, 0.15) is 11.9 Å². The molecule has 0 radical (unpaired) electrons. The van der Waals surface area contributed by atoms with Crippen molar-refractivity contribution in [3.8, 4) is 11.6 Å². The Morgan fingerprint density at radius 3 is 2.50 bits per heavy atom. The van der Waals surface area contributed by atoms with Gasteiger partial charge >= 0.3 is 0 Å². The highest BCUT2D eigenvalue weighted by Crippen LogP contribution is 2.22. The van der Waals surface area contributed by atoms with E-state index in [-0.39, 0.29) is 40.3 Å². The molecule has 182 valence electrons. The zero-order valence-electron chi connectivity index (χ0n) is 19.0. The fourth-order valence-corrected chi connectivity index (χ4v) is 3.26. The Morgan fingerprint density at radius 2 is 1.76 bits per heavy atom. The number of fused-ring (bicyclic) bond motifs is 1. The van der Waals surface area contributed by atoms with Gasteiger partial charge < -0.3 is 31.1 Å². The monoisotopic (exact) mass is 470 g/mol. The van der Waals surface area contributed by atoms with Gasteiger partial charge in [0.05, 0.1) is 18.0 Å². The summed E-state index contributed by atoms with van der Waals surface area (Å²) >= 11 is 0. The number of hydrogen-bond acceptors (Lipinski definition) is 10. The molecule has 3 aromatic rings. The van der Waals surface area contributed by atoms with E-state index in [0.29, 0.717) is 25.9 Å². The van der Waals surface area contributed by atoms with Crippen molar-refractivity contribution in [2.24, 2.45) is 0 Å². The second kappa shape index (κ2) is 12.1. The third-order valence-electron chi connectivity index (χ3n) is 5.20. The quantitative estimate of drug-likeness (QED) is 0.213. The van der Waals surface area contributed by atoms with Crippen LogP contribution in [0.1, 0.15) is 50.0 Å². The number of aliphatic hydroxyl groups excluding tert-OH is 2. The summed E-state index contributed by atoms with van der Waals surface area (Å²) in [4.78, 5) is 28.3. The Labute approximate surface area is 197 Å². The van der Waals surface area contributed by atoms with Gasteiger partial charge in [-0.2, -0.15) is 9.97 Å². The van der Waals surface area contributed by atoms with E-state index in [4.69, 9.17) is 0 Å². The first-order chi connectivity index (χ1) is 16.3. The molecule has 2 unspecified atom stereocenters. The van der Waals surface area contributed by atoms with Gasteiger partial charge in [-0.25, -0.2) is 9.97 Å². The van der Waals surface area contributed by atoms with E-state index >= 15 is 0 Å². The van der Waals surface area contributed by atoms with Crippen LogP contribution >= 0.6 is 0 Å². The van der Waals surface area contributed by atoms with Gasteiger partial charge in [0.25, 0.3) is 0 Å². The standard InChI is InChI=1S/C23H30N6O5/c1-14(30)20(33)17-13-26-19-21(27-17)28-23(29-22(19)34)25-11-4-2-3-5-18(32)24-12-10-15-6-8-16(31)9-7-15/h6-9,13-14,20,30-31,33H,2-5,10-12H2,1H3,(H,24,32)(H2,25,27,28,29,34). The maximum Gasteiger partial charge on any atom is 0.244 e. The number of hydrogen-bond donors (Lipinski definition) is 6. The first-order valence-corrected chi connectivity index (χ1v) is 11.2. The molecule has 1 amide bonds. The zero-order valence-corrected chi connectivity index (χ0v) is 19.0. The Morgan fingerprint density at radius 1 is 1.00 bits per heavy atom. The molecule has 0 bridgehead atoms. The predicted octanol–water partition coefficient (Wildman–Crippen LogP) is 1.58. The van der Waals surface area contributed by atoms with E-state index in [2.05, 4.69) is 30.6 Å². The number of carbonyl (C=O) groups excluding carboxylic acids is 1. The van der Waals surface area contributed by atoms with E-state index in [9.17, 15) is 25.2 Å². The van der Waals surface area contributed by atoms with Crippen molar-refractivity contribution in [1.29, 1.82) is 0 Å². The summed E-state index contributed by atoms with van der Waals surface area (Å²) < 4.78 is 0. The number of amides is 1. The molecular weight excluding hydrogens is 440 g/mol. The molecule has 0 aliphatic rings. The topological polar surface area (TPSA) is 174 Å². The highest BCUT2D eigenvalue weighted by Gasteiger charge is 2.18. The number of aromatic hydroxyl groups is 2. The Hall–Kier alpha value is -3.57. The number of anilines is 1. The summed E-state index contributed by atoms with van der Waals surface area (Å²) in [6.07, 6.45) is 2.50. The third-order valence-corrected chi connectivity index (χ3v) is 5.20. The number of carbonyl (C=O) groups is 1. The number of aromatic nitrogens is 4. The predicted molar refractivity (Wildman–Crippen MR) is 125 cm³/mol. The van der Waals surface area contributed by atoms with Crippen LogP contribution in [0.4, 0.5) is 5.95 Å². The molecule has 2 aromatic heterocycles. The third kappa shape index (κ3) is 7.22. The second-order valence-electron chi connectivity index (χ2n) is 8.03. The SMILES string of the molecule is CC(O)C(O)c1cnc2c(O)nc(NCCCCCC(=O)NCCc3ccc(O)cc3)nc2n1. The minimum Gasteiger partial charge on any atom is -0.508 e. The Kier molecular flexibility index (Phi) is 8.88. The summed E-state index contributed by atoms with van der Waals surface area (Å²) in [5.74, 6) is 0.0712. The number of benzene rings is 1. The molecule has 34 heavy (non-hydrogen) atoms. The van der Waals surface area contributed by atoms with Crippen LogP contribution < -0.4 is 10.6 Å². The van der Waals surface area contributed by atoms with Crippen LogP contribution in [-0.2, 0) is 11.2 Å². The van der Waals surface area contributed by atoms with Crippen LogP contribution in [0.15, 0.2) is 30.5 Å². The molecule has 1 aromatic carbocycles. The van der Waals surface area contributed by atoms with Crippen LogP contribution in [0.25, 0.3) is 11.2 Å². The second-order valence-corrected chi connectivity index (χ2v) is 8.03. The molecule has 3 rings (SSSR count). The number of nitrogens with one attached hydrogen (secondary N) is 2. The van der Waals surface area contributed by atoms with E-state index in [1.165, 1.54) is 13.1 Å². The Balaban J connectivity index is 1.37. The average molecular weight is 471 g/mol. The van der Waals surface area contributed by atoms with Crippen molar-refractivity contribution in [1.82, 2.24) is 25.3 Å². The van der Waals surface area contributed by atoms with Crippen LogP contribution in [-0.4, -0.2) is 65.5 Å². The molecule has 0 saturated heterocycles. The maximum absolute atomic E-state index is 12.0. The number of rotatable bonds is 12. The smallest absolute Gasteiger partial charge is 0.244 e. The summed E-state index contributed by atoms with van der Waals surface area (Å²) in [7, 11) is 0. The van der Waals surface area contributed by atoms with Gasteiger partial charge in [0.15, 0.2) is 11.2 Å². The zero-order chi connectivity index (χ0) is 24.5. The van der Waals surface area contributed by atoms with Crippen molar-refractivity contribution >= 4 is 23.0 Å². The van der Waals surface area contributed by atoms with Gasteiger partial charge in [-0.15, -0.1) is 0 Å². The maximum atomic E-state index is 12.0. The summed E-state index contributed by atoms with van der Waals surface area (Å²) in [6.45, 7) is 2.52. The molecule has 2 atom stereocenters. The molecule has 2 heterocycles. The highest BCUT2D eigenvalue weighted by atomic mass is 16.3. The van der Waals surface area contributed by atoms with Gasteiger partial charge in [-0.1, -0.05) is 18.6 Å². The lowest BCUT2D eigenvalue weighted by molar-refractivity contribution is -0.121. The lowest BCUT2D eigenvalue weighted by Crippen LogP contribution is -2.25. The number of unbranched alkanes of at least 4 members (excludes halogenated alkanes) is 2. The molecule has 0 spiro atoms. The molecule has 0 aliphatic heterocycles.